The summed E-state index contributed by atoms with van der Waals surface area (Å²) in [6.45, 7) is 3.03. The van der Waals surface area contributed by atoms with E-state index in [9.17, 15) is 19.1 Å². The van der Waals surface area contributed by atoms with E-state index in [2.05, 4.69) is 20.6 Å². The standard InChI is InChI=1S/C25H26F2N9O4.ClH/c1-17(34-9-10-35(24(34)38)20-4-6-21(7-5-20)36-13-28-30-31-36)25(39,22-8-3-19(26)11-23(22)27)12-33-15-32(14-29-33)16-40-18(2)37;/h3-8,11,13-15,17,39H,9-10,12,16H2,1-2H3;1H/q+1;/p-1/t17-,25+;/m1./s1. The number of urea groups is 1. The Morgan fingerprint density at radius 2 is 1.90 bits per heavy atom. The van der Waals surface area contributed by atoms with Crippen LogP contribution < -0.4 is 21.9 Å². The number of rotatable bonds is 9. The van der Waals surface area contributed by atoms with Gasteiger partial charge in [-0.2, -0.15) is 0 Å². The van der Waals surface area contributed by atoms with Gasteiger partial charge in [-0.3, -0.25) is 9.69 Å². The van der Waals surface area contributed by atoms with Gasteiger partial charge in [-0.15, -0.1) is 9.78 Å². The highest BCUT2D eigenvalue weighted by molar-refractivity contribution is 5.94. The van der Waals surface area contributed by atoms with Crippen molar-refractivity contribution in [3.8, 4) is 5.69 Å². The number of halogens is 3. The maximum atomic E-state index is 15.1. The highest BCUT2D eigenvalue weighted by Crippen LogP contribution is 2.35. The van der Waals surface area contributed by atoms with E-state index >= 15 is 4.39 Å². The average molecular weight is 590 g/mol. The van der Waals surface area contributed by atoms with Crippen LogP contribution in [0.2, 0.25) is 0 Å². The molecule has 2 amide bonds. The van der Waals surface area contributed by atoms with Crippen LogP contribution in [0.25, 0.3) is 5.69 Å². The monoisotopic (exact) mass is 589 g/mol. The smallest absolute Gasteiger partial charge is 0.324 e. The van der Waals surface area contributed by atoms with E-state index in [1.165, 1.54) is 44.7 Å². The molecule has 1 saturated heterocycles. The van der Waals surface area contributed by atoms with Crippen molar-refractivity contribution in [3.05, 3.63) is 78.6 Å². The first-order valence-corrected chi connectivity index (χ1v) is 12.3. The van der Waals surface area contributed by atoms with Crippen molar-refractivity contribution in [2.45, 2.75) is 38.8 Å². The van der Waals surface area contributed by atoms with Gasteiger partial charge in [0, 0.05) is 42.4 Å². The van der Waals surface area contributed by atoms with Crippen LogP contribution in [0.15, 0.2) is 61.4 Å². The first kappa shape index (κ1) is 29.5. The van der Waals surface area contributed by atoms with Crippen LogP contribution >= 0.6 is 0 Å². The Bertz CT molecular complexity index is 1520. The molecule has 216 valence electrons. The Morgan fingerprint density at radius 1 is 1.17 bits per heavy atom. The second-order valence-corrected chi connectivity index (χ2v) is 9.35. The number of esters is 1. The van der Waals surface area contributed by atoms with Crippen molar-refractivity contribution in [1.82, 2.24) is 34.9 Å². The number of hydrogen-bond acceptors (Lipinski definition) is 8. The molecule has 2 atom stereocenters. The second kappa shape index (κ2) is 11.9. The Kier molecular flexibility index (Phi) is 8.58. The lowest BCUT2D eigenvalue weighted by Gasteiger charge is -2.38. The first-order chi connectivity index (χ1) is 19.2. The van der Waals surface area contributed by atoms with Crippen molar-refractivity contribution in [3.63, 3.8) is 0 Å². The fourth-order valence-electron chi connectivity index (χ4n) is 4.68. The third-order valence-electron chi connectivity index (χ3n) is 6.82. The molecule has 2 aromatic carbocycles. The Morgan fingerprint density at radius 3 is 2.56 bits per heavy atom. The molecule has 0 saturated carbocycles. The topological polar surface area (TPSA) is 135 Å². The van der Waals surface area contributed by atoms with Crippen LogP contribution in [0.3, 0.4) is 0 Å². The fourth-order valence-corrected chi connectivity index (χ4v) is 4.68. The molecule has 0 aliphatic carbocycles. The number of tetrazole rings is 1. The van der Waals surface area contributed by atoms with Gasteiger partial charge in [0.25, 0.3) is 6.33 Å². The molecule has 0 bridgehead atoms. The Balaban J connectivity index is 0.00000387. The molecular weight excluding hydrogens is 564 g/mol. The molecule has 1 fully saturated rings. The SMILES string of the molecule is CC(=O)OC[n+]1cnn(C[C@@](O)(c2ccc(F)cc2F)[C@@H](C)N2CCN(c3ccc(-n4cnnn4)cc3)C2=O)c1.[Cl-]. The van der Waals surface area contributed by atoms with Crippen LogP contribution in [0.5, 0.6) is 0 Å². The molecule has 1 N–H and O–H groups in total. The van der Waals surface area contributed by atoms with Crippen molar-refractivity contribution in [1.29, 1.82) is 0 Å². The van der Waals surface area contributed by atoms with Crippen molar-refractivity contribution in [2.75, 3.05) is 18.0 Å². The lowest BCUT2D eigenvalue weighted by atomic mass is 9.85. The largest absolute Gasteiger partial charge is 1.00 e. The molecule has 16 heteroatoms. The zero-order chi connectivity index (χ0) is 28.4. The van der Waals surface area contributed by atoms with Gasteiger partial charge >= 0.3 is 12.0 Å². The van der Waals surface area contributed by atoms with Gasteiger partial charge in [-0.1, -0.05) is 6.07 Å². The predicted molar refractivity (Wildman–Crippen MR) is 133 cm³/mol. The summed E-state index contributed by atoms with van der Waals surface area (Å²) in [6.07, 6.45) is 4.29. The number of aromatic nitrogens is 7. The first-order valence-electron chi connectivity index (χ1n) is 12.3. The predicted octanol–water partition coefficient (Wildman–Crippen LogP) is -1.83. The van der Waals surface area contributed by atoms with Crippen LogP contribution in [0.4, 0.5) is 19.3 Å². The summed E-state index contributed by atoms with van der Waals surface area (Å²) in [5.74, 6) is -2.25. The lowest BCUT2D eigenvalue weighted by molar-refractivity contribution is -0.728. The number of benzene rings is 2. The van der Waals surface area contributed by atoms with Gasteiger partial charge in [-0.05, 0) is 47.7 Å². The normalized spacial score (nSPS) is 15.4. The number of carbonyl (C=O) groups is 2. The molecule has 1 aliphatic rings. The number of amides is 2. The summed E-state index contributed by atoms with van der Waals surface area (Å²) in [5, 5.41) is 27.3. The summed E-state index contributed by atoms with van der Waals surface area (Å²) in [6, 6.07) is 8.56. The molecule has 1 aliphatic heterocycles. The fraction of sp³-hybridized carbons (Fsp3) is 0.320. The molecule has 2 aromatic heterocycles. The minimum absolute atomic E-state index is 0. The molecule has 41 heavy (non-hydrogen) atoms. The highest BCUT2D eigenvalue weighted by atomic mass is 35.5. The molecule has 3 heterocycles. The maximum Gasteiger partial charge on any atom is 0.324 e. The zero-order valence-electron chi connectivity index (χ0n) is 22.0. The van der Waals surface area contributed by atoms with E-state index < -0.39 is 35.3 Å². The summed E-state index contributed by atoms with van der Waals surface area (Å²) in [7, 11) is 0. The number of aliphatic hydroxyl groups is 1. The van der Waals surface area contributed by atoms with Gasteiger partial charge in [0.2, 0.25) is 13.1 Å². The molecule has 0 unspecified atom stereocenters. The van der Waals surface area contributed by atoms with Gasteiger partial charge in [0.15, 0.2) is 0 Å². The van der Waals surface area contributed by atoms with E-state index in [0.717, 1.165) is 12.1 Å². The third kappa shape index (κ3) is 6.00. The van der Waals surface area contributed by atoms with Crippen LogP contribution in [0.1, 0.15) is 19.4 Å². The molecule has 5 rings (SSSR count). The lowest BCUT2D eigenvalue weighted by Crippen LogP contribution is -3.00. The zero-order valence-corrected chi connectivity index (χ0v) is 22.8. The molecule has 13 nitrogen and oxygen atoms in total. The number of nitrogens with zero attached hydrogens (tertiary/aromatic N) is 9. The summed E-state index contributed by atoms with van der Waals surface area (Å²) in [4.78, 5) is 27.7. The van der Waals surface area contributed by atoms with Gasteiger partial charge < -0.3 is 27.2 Å². The maximum absolute atomic E-state index is 15.1. The van der Waals surface area contributed by atoms with E-state index in [0.29, 0.717) is 24.0 Å². The second-order valence-electron chi connectivity index (χ2n) is 9.35. The van der Waals surface area contributed by atoms with Gasteiger partial charge in [0.05, 0.1) is 11.7 Å². The van der Waals surface area contributed by atoms with Gasteiger partial charge in [-0.25, -0.2) is 22.8 Å². The number of hydrogen-bond donors (Lipinski definition) is 1. The third-order valence-corrected chi connectivity index (χ3v) is 6.82. The van der Waals surface area contributed by atoms with Gasteiger partial charge in [0.1, 0.15) is 30.1 Å². The van der Waals surface area contributed by atoms with E-state index in [1.54, 1.807) is 36.1 Å². The minimum Gasteiger partial charge on any atom is -1.00 e. The molecular formula is C25H26ClF2N9O4. The van der Waals surface area contributed by atoms with E-state index in [1.807, 2.05) is 0 Å². The van der Waals surface area contributed by atoms with E-state index in [-0.39, 0.29) is 37.8 Å². The molecule has 0 spiro atoms. The summed E-state index contributed by atoms with van der Waals surface area (Å²) >= 11 is 0. The van der Waals surface area contributed by atoms with Crippen LogP contribution in [-0.2, 0) is 28.4 Å². The van der Waals surface area contributed by atoms with Crippen LogP contribution in [-0.4, -0.2) is 71.1 Å². The van der Waals surface area contributed by atoms with E-state index in [4.69, 9.17) is 4.74 Å². The average Bonchev–Trinajstić information content (AvgIpc) is 3.69. The summed E-state index contributed by atoms with van der Waals surface area (Å²) < 4.78 is 38.1. The van der Waals surface area contributed by atoms with Crippen molar-refractivity contribution in [2.24, 2.45) is 0 Å². The number of carbonyl (C=O) groups excluding carboxylic acids is 2. The molecule has 4 aromatic rings. The van der Waals surface area contributed by atoms with Crippen LogP contribution in [0, 0.1) is 11.6 Å². The number of anilines is 1. The molecule has 0 radical (unpaired) electrons. The summed E-state index contributed by atoms with van der Waals surface area (Å²) in [5.41, 5.74) is -0.886. The quantitative estimate of drug-likeness (QED) is 0.178. The Labute approximate surface area is 239 Å². The minimum atomic E-state index is -2.02. The Hall–Kier alpha value is -4.50. The number of ether oxygens (including phenoxy) is 1. The van der Waals surface area contributed by atoms with Crippen molar-refractivity contribution < 1.29 is 45.2 Å². The highest BCUT2D eigenvalue weighted by Gasteiger charge is 2.47. The van der Waals surface area contributed by atoms with Crippen molar-refractivity contribution >= 4 is 17.7 Å².